The van der Waals surface area contributed by atoms with Crippen LogP contribution in [0.2, 0.25) is 0 Å². The van der Waals surface area contributed by atoms with E-state index in [4.69, 9.17) is 25.8 Å². The number of nitrogens with zero attached hydrogens (tertiary/aromatic N) is 1. The van der Waals surface area contributed by atoms with E-state index >= 15 is 0 Å². The lowest BCUT2D eigenvalue weighted by Gasteiger charge is -2.13. The number of amides is 2. The number of alkyl halides is 1. The first-order chi connectivity index (χ1) is 10.5. The maximum Gasteiger partial charge on any atom is 0.320 e. The monoisotopic (exact) mass is 327 g/mol. The van der Waals surface area contributed by atoms with Crippen molar-refractivity contribution in [2.24, 2.45) is 0 Å². The molecule has 1 aromatic rings. The van der Waals surface area contributed by atoms with Gasteiger partial charge in [-0.2, -0.15) is 0 Å². The number of benzene rings is 1. The molecule has 1 heterocycles. The Morgan fingerprint density at radius 3 is 2.50 bits per heavy atom. The highest BCUT2D eigenvalue weighted by Crippen LogP contribution is 2.34. The molecule has 8 heteroatoms. The van der Waals surface area contributed by atoms with Crippen LogP contribution in [0.3, 0.4) is 0 Å². The molecule has 1 aliphatic rings. The summed E-state index contributed by atoms with van der Waals surface area (Å²) >= 11 is 5.30. The minimum Gasteiger partial charge on any atom is -0.497 e. The summed E-state index contributed by atoms with van der Waals surface area (Å²) in [6, 6.07) is 3.00. The molecule has 0 unspecified atom stereocenters. The van der Waals surface area contributed by atoms with Crippen LogP contribution in [0.25, 0.3) is 0 Å². The Morgan fingerprint density at radius 2 is 1.91 bits per heavy atom. The van der Waals surface area contributed by atoms with Crippen LogP contribution in [0.5, 0.6) is 11.5 Å². The molecule has 0 aromatic heterocycles. The summed E-state index contributed by atoms with van der Waals surface area (Å²) in [5.41, 5.74) is 0.377. The third-order valence-electron chi connectivity index (χ3n) is 3.15. The predicted molar refractivity (Wildman–Crippen MR) is 76.6 cm³/mol. The Morgan fingerprint density at radius 1 is 1.18 bits per heavy atom. The second kappa shape index (κ2) is 6.65. The van der Waals surface area contributed by atoms with Crippen LogP contribution in [-0.4, -0.2) is 55.9 Å². The van der Waals surface area contributed by atoms with Crippen molar-refractivity contribution in [3.63, 3.8) is 0 Å². The largest absolute Gasteiger partial charge is 0.497 e. The van der Waals surface area contributed by atoms with E-state index in [-0.39, 0.29) is 35.9 Å². The fourth-order valence-electron chi connectivity index (χ4n) is 2.12. The summed E-state index contributed by atoms with van der Waals surface area (Å²) in [6.45, 7) is -0.170. The Hall–Kier alpha value is -2.28. The van der Waals surface area contributed by atoms with Crippen molar-refractivity contribution < 1.29 is 28.6 Å². The van der Waals surface area contributed by atoms with Gasteiger partial charge in [0.1, 0.15) is 24.0 Å². The Kier molecular flexibility index (Phi) is 4.87. The molecule has 0 spiro atoms. The van der Waals surface area contributed by atoms with Gasteiger partial charge in [0.25, 0.3) is 11.8 Å². The van der Waals surface area contributed by atoms with Crippen LogP contribution in [0.15, 0.2) is 12.1 Å². The molecule has 0 N–H and O–H groups in total. The first kappa shape index (κ1) is 16.1. The average Bonchev–Trinajstić information content (AvgIpc) is 2.78. The van der Waals surface area contributed by atoms with Crippen molar-refractivity contribution in [2.45, 2.75) is 0 Å². The minimum atomic E-state index is -0.613. The predicted octanol–water partition coefficient (Wildman–Crippen LogP) is 1.08. The van der Waals surface area contributed by atoms with Crippen molar-refractivity contribution in [3.05, 3.63) is 23.3 Å². The summed E-state index contributed by atoms with van der Waals surface area (Å²) in [5.74, 6) is -1.22. The number of carbonyl (C=O) groups is 3. The number of ether oxygens (including phenoxy) is 3. The van der Waals surface area contributed by atoms with Crippen molar-refractivity contribution in [2.75, 3.05) is 33.3 Å². The summed E-state index contributed by atoms with van der Waals surface area (Å²) in [4.78, 5) is 36.6. The lowest BCUT2D eigenvalue weighted by atomic mass is 10.1. The second-order valence-corrected chi connectivity index (χ2v) is 4.64. The first-order valence-electron chi connectivity index (χ1n) is 6.37. The normalized spacial score (nSPS) is 13.1. The first-order valence-corrected chi connectivity index (χ1v) is 6.90. The van der Waals surface area contributed by atoms with Crippen molar-refractivity contribution >= 4 is 29.4 Å². The van der Waals surface area contributed by atoms with E-state index < -0.39 is 17.8 Å². The maximum absolute atomic E-state index is 12.3. The van der Waals surface area contributed by atoms with Crippen LogP contribution in [0, 0.1) is 0 Å². The number of carbonyl (C=O) groups excluding carboxylic acids is 3. The van der Waals surface area contributed by atoms with E-state index in [1.165, 1.54) is 26.4 Å². The van der Waals surface area contributed by atoms with Gasteiger partial charge >= 0.3 is 5.97 Å². The summed E-state index contributed by atoms with van der Waals surface area (Å²) in [7, 11) is 2.85. The molecule has 7 nitrogen and oxygen atoms in total. The second-order valence-electron chi connectivity index (χ2n) is 4.37. The molecular weight excluding hydrogens is 314 g/mol. The van der Waals surface area contributed by atoms with Crippen LogP contribution < -0.4 is 9.47 Å². The van der Waals surface area contributed by atoms with Gasteiger partial charge in [-0.25, -0.2) is 0 Å². The Labute approximate surface area is 131 Å². The molecule has 22 heavy (non-hydrogen) atoms. The molecule has 0 bridgehead atoms. The zero-order chi connectivity index (χ0) is 16.3. The molecule has 118 valence electrons. The molecule has 2 amide bonds. The number of hydrogen-bond donors (Lipinski definition) is 0. The standard InChI is InChI=1S/C14H14ClNO6/c1-20-8-5-9-12(10(6-8)21-2)14(19)16(13(9)18)3-4-22-11(17)7-15/h5-6H,3-4,7H2,1-2H3. The minimum absolute atomic E-state index is 0.0551. The van der Waals surface area contributed by atoms with Gasteiger partial charge in [0.05, 0.1) is 31.9 Å². The summed E-state index contributed by atoms with van der Waals surface area (Å²) in [6.07, 6.45) is 0. The quantitative estimate of drug-likeness (QED) is 0.442. The van der Waals surface area contributed by atoms with Gasteiger partial charge in [0.2, 0.25) is 0 Å². The van der Waals surface area contributed by atoms with E-state index in [0.29, 0.717) is 5.75 Å². The van der Waals surface area contributed by atoms with Crippen molar-refractivity contribution in [1.29, 1.82) is 0 Å². The topological polar surface area (TPSA) is 82.1 Å². The molecule has 1 aliphatic heterocycles. The number of esters is 1. The van der Waals surface area contributed by atoms with E-state index in [0.717, 1.165) is 4.90 Å². The number of fused-ring (bicyclic) bond motifs is 1. The molecule has 0 atom stereocenters. The van der Waals surface area contributed by atoms with Crippen LogP contribution in [-0.2, 0) is 9.53 Å². The van der Waals surface area contributed by atoms with Gasteiger partial charge in [-0.05, 0) is 6.07 Å². The smallest absolute Gasteiger partial charge is 0.320 e. The van der Waals surface area contributed by atoms with E-state index in [1.807, 2.05) is 0 Å². The number of imide groups is 1. The highest BCUT2D eigenvalue weighted by molar-refractivity contribution is 6.26. The average molecular weight is 328 g/mol. The van der Waals surface area contributed by atoms with Crippen LogP contribution >= 0.6 is 11.6 Å². The number of hydrogen-bond acceptors (Lipinski definition) is 6. The lowest BCUT2D eigenvalue weighted by molar-refractivity contribution is -0.140. The number of rotatable bonds is 6. The van der Waals surface area contributed by atoms with Crippen molar-refractivity contribution in [1.82, 2.24) is 4.90 Å². The summed E-state index contributed by atoms with van der Waals surface area (Å²) < 4.78 is 15.0. The Balaban J connectivity index is 2.23. The number of methoxy groups -OCH3 is 2. The van der Waals surface area contributed by atoms with Crippen molar-refractivity contribution in [3.8, 4) is 11.5 Å². The fraction of sp³-hybridized carbons (Fsp3) is 0.357. The molecule has 0 saturated heterocycles. The third kappa shape index (κ3) is 2.85. The lowest BCUT2D eigenvalue weighted by Crippen LogP contribution is -2.33. The molecule has 2 rings (SSSR count). The molecule has 0 saturated carbocycles. The van der Waals surface area contributed by atoms with Crippen LogP contribution in [0.1, 0.15) is 20.7 Å². The van der Waals surface area contributed by atoms with Gasteiger partial charge in [-0.15, -0.1) is 11.6 Å². The fourth-order valence-corrected chi connectivity index (χ4v) is 2.20. The summed E-state index contributed by atoms with van der Waals surface area (Å²) in [5, 5.41) is 0. The van der Waals surface area contributed by atoms with Gasteiger partial charge in [-0.3, -0.25) is 19.3 Å². The number of halogens is 1. The zero-order valence-corrected chi connectivity index (χ0v) is 12.8. The molecule has 0 fully saturated rings. The maximum atomic E-state index is 12.3. The molecule has 0 radical (unpaired) electrons. The molecule has 1 aromatic carbocycles. The SMILES string of the molecule is COc1cc(OC)c2c(c1)C(=O)N(CCOC(=O)CCl)C2=O. The van der Waals surface area contributed by atoms with Gasteiger partial charge in [-0.1, -0.05) is 0 Å². The molecule has 0 aliphatic carbocycles. The van der Waals surface area contributed by atoms with E-state index in [9.17, 15) is 14.4 Å². The van der Waals surface area contributed by atoms with E-state index in [2.05, 4.69) is 0 Å². The third-order valence-corrected chi connectivity index (χ3v) is 3.37. The van der Waals surface area contributed by atoms with E-state index in [1.54, 1.807) is 0 Å². The molecular formula is C14H14ClNO6. The van der Waals surface area contributed by atoms with Gasteiger partial charge in [0, 0.05) is 6.07 Å². The van der Waals surface area contributed by atoms with Gasteiger partial charge in [0.15, 0.2) is 0 Å². The Bertz CT molecular complexity index is 630. The zero-order valence-electron chi connectivity index (χ0n) is 12.1. The van der Waals surface area contributed by atoms with Gasteiger partial charge < -0.3 is 14.2 Å². The highest BCUT2D eigenvalue weighted by Gasteiger charge is 2.38. The highest BCUT2D eigenvalue weighted by atomic mass is 35.5. The van der Waals surface area contributed by atoms with Crippen LogP contribution in [0.4, 0.5) is 0 Å².